The zero-order valence-electron chi connectivity index (χ0n) is 17.9. The van der Waals surface area contributed by atoms with Crippen molar-refractivity contribution in [1.29, 1.82) is 0 Å². The standard InChI is InChI=1S/C19H38N6O2/c1-7-20-18(22-11-10-21-17(27)19(2,3)4)23-15-8-12-25(13-9-15)14-16(26)24(5)6/h15H,7-14H2,1-6H3,(H,21,27)(H2,20,22,23). The van der Waals surface area contributed by atoms with Crippen LogP contribution in [-0.2, 0) is 9.59 Å². The molecule has 1 aliphatic heterocycles. The molecule has 2 amide bonds. The van der Waals surface area contributed by atoms with Gasteiger partial charge in [0.1, 0.15) is 0 Å². The summed E-state index contributed by atoms with van der Waals surface area (Å²) < 4.78 is 0. The second-order valence-electron chi connectivity index (χ2n) is 8.25. The maximum Gasteiger partial charge on any atom is 0.236 e. The number of carbonyl (C=O) groups excluding carboxylic acids is 2. The molecule has 0 radical (unpaired) electrons. The number of likely N-dealkylation sites (tertiary alicyclic amines) is 1. The fourth-order valence-electron chi connectivity index (χ4n) is 2.68. The molecule has 8 nitrogen and oxygen atoms in total. The average Bonchev–Trinajstić information content (AvgIpc) is 2.59. The highest BCUT2D eigenvalue weighted by molar-refractivity contribution is 5.81. The van der Waals surface area contributed by atoms with Crippen molar-refractivity contribution in [2.45, 2.75) is 46.6 Å². The third kappa shape index (κ3) is 9.08. The van der Waals surface area contributed by atoms with E-state index in [1.54, 1.807) is 19.0 Å². The molecular weight excluding hydrogens is 344 g/mol. The van der Waals surface area contributed by atoms with Crippen LogP contribution in [-0.4, -0.2) is 87.0 Å². The van der Waals surface area contributed by atoms with Gasteiger partial charge in [0.25, 0.3) is 0 Å². The van der Waals surface area contributed by atoms with Gasteiger partial charge in [-0.3, -0.25) is 19.5 Å². The van der Waals surface area contributed by atoms with Crippen molar-refractivity contribution >= 4 is 17.8 Å². The zero-order valence-corrected chi connectivity index (χ0v) is 17.9. The van der Waals surface area contributed by atoms with E-state index in [2.05, 4.69) is 25.8 Å². The van der Waals surface area contributed by atoms with E-state index in [0.29, 0.717) is 25.7 Å². The van der Waals surface area contributed by atoms with Gasteiger partial charge in [0.15, 0.2) is 5.96 Å². The van der Waals surface area contributed by atoms with Gasteiger partial charge in [0.05, 0.1) is 13.1 Å². The van der Waals surface area contributed by atoms with Gasteiger partial charge in [-0.05, 0) is 19.8 Å². The number of piperidine rings is 1. The molecule has 0 atom stereocenters. The molecule has 0 aliphatic carbocycles. The molecule has 27 heavy (non-hydrogen) atoms. The number of aliphatic imine (C=N–C) groups is 1. The SMILES string of the molecule is CCNC(=NCCNC(=O)C(C)(C)C)NC1CCN(CC(=O)N(C)C)CC1. The van der Waals surface area contributed by atoms with Crippen LogP contribution in [0.2, 0.25) is 0 Å². The Balaban J connectivity index is 2.40. The number of rotatable bonds is 7. The van der Waals surface area contributed by atoms with E-state index >= 15 is 0 Å². The molecule has 1 rings (SSSR count). The van der Waals surface area contributed by atoms with Crippen LogP contribution in [0.3, 0.4) is 0 Å². The van der Waals surface area contributed by atoms with E-state index in [-0.39, 0.29) is 17.2 Å². The first-order valence-corrected chi connectivity index (χ1v) is 9.89. The summed E-state index contributed by atoms with van der Waals surface area (Å²) in [7, 11) is 3.58. The van der Waals surface area contributed by atoms with Crippen molar-refractivity contribution in [2.75, 3.05) is 53.4 Å². The monoisotopic (exact) mass is 382 g/mol. The fraction of sp³-hybridized carbons (Fsp3) is 0.842. The third-order valence-electron chi connectivity index (χ3n) is 4.48. The van der Waals surface area contributed by atoms with Crippen LogP contribution in [0.15, 0.2) is 4.99 Å². The average molecular weight is 383 g/mol. The number of likely N-dealkylation sites (N-methyl/N-ethyl adjacent to an activating group) is 1. The van der Waals surface area contributed by atoms with Gasteiger partial charge in [-0.25, -0.2) is 0 Å². The summed E-state index contributed by atoms with van der Waals surface area (Å²) in [6, 6.07) is 0.345. The van der Waals surface area contributed by atoms with Gasteiger partial charge in [-0.2, -0.15) is 0 Å². The van der Waals surface area contributed by atoms with Crippen LogP contribution in [0.4, 0.5) is 0 Å². The lowest BCUT2D eigenvalue weighted by Gasteiger charge is -2.33. The van der Waals surface area contributed by atoms with Crippen molar-refractivity contribution in [3.8, 4) is 0 Å². The minimum Gasteiger partial charge on any atom is -0.357 e. The number of hydrogen-bond acceptors (Lipinski definition) is 4. The van der Waals surface area contributed by atoms with Crippen LogP contribution in [0.1, 0.15) is 40.5 Å². The Bertz CT molecular complexity index is 505. The minimum atomic E-state index is -0.381. The molecule has 156 valence electrons. The summed E-state index contributed by atoms with van der Waals surface area (Å²) in [5.41, 5.74) is -0.381. The molecule has 8 heteroatoms. The Morgan fingerprint density at radius 3 is 2.30 bits per heavy atom. The number of guanidine groups is 1. The Morgan fingerprint density at radius 2 is 1.78 bits per heavy atom. The van der Waals surface area contributed by atoms with Crippen molar-refractivity contribution in [1.82, 2.24) is 25.8 Å². The molecule has 1 aliphatic rings. The molecular formula is C19H38N6O2. The summed E-state index contributed by atoms with van der Waals surface area (Å²) in [5, 5.41) is 9.65. The summed E-state index contributed by atoms with van der Waals surface area (Å²) >= 11 is 0. The topological polar surface area (TPSA) is 89.1 Å². The molecule has 0 saturated carbocycles. The highest BCUT2D eigenvalue weighted by Crippen LogP contribution is 2.12. The second kappa shape index (κ2) is 11.1. The first-order chi connectivity index (χ1) is 12.6. The number of hydrogen-bond donors (Lipinski definition) is 3. The summed E-state index contributed by atoms with van der Waals surface area (Å²) in [4.78, 5) is 32.1. The smallest absolute Gasteiger partial charge is 0.236 e. The Morgan fingerprint density at radius 1 is 1.15 bits per heavy atom. The third-order valence-corrected chi connectivity index (χ3v) is 4.48. The van der Waals surface area contributed by atoms with Crippen molar-refractivity contribution < 1.29 is 9.59 Å². The van der Waals surface area contributed by atoms with E-state index in [4.69, 9.17) is 0 Å². The maximum absolute atomic E-state index is 11.9. The quantitative estimate of drug-likeness (QED) is 0.334. The van der Waals surface area contributed by atoms with Gasteiger partial charge < -0.3 is 20.9 Å². The van der Waals surface area contributed by atoms with Gasteiger partial charge in [0.2, 0.25) is 11.8 Å². The molecule has 0 spiro atoms. The maximum atomic E-state index is 11.9. The summed E-state index contributed by atoms with van der Waals surface area (Å²) in [6.07, 6.45) is 1.96. The van der Waals surface area contributed by atoms with Crippen molar-refractivity contribution in [3.63, 3.8) is 0 Å². The lowest BCUT2D eigenvalue weighted by molar-refractivity contribution is -0.130. The van der Waals surface area contributed by atoms with Crippen LogP contribution in [0.25, 0.3) is 0 Å². The van der Waals surface area contributed by atoms with E-state index in [1.165, 1.54) is 0 Å². The largest absolute Gasteiger partial charge is 0.357 e. The molecule has 1 saturated heterocycles. The second-order valence-corrected chi connectivity index (χ2v) is 8.25. The minimum absolute atomic E-state index is 0.0373. The summed E-state index contributed by atoms with van der Waals surface area (Å²) in [5.74, 6) is 0.967. The molecule has 1 fully saturated rings. The molecule has 3 N–H and O–H groups in total. The van der Waals surface area contributed by atoms with E-state index < -0.39 is 0 Å². The van der Waals surface area contributed by atoms with E-state index in [0.717, 1.165) is 38.4 Å². The van der Waals surface area contributed by atoms with E-state index in [9.17, 15) is 9.59 Å². The number of carbonyl (C=O) groups is 2. The van der Waals surface area contributed by atoms with Crippen LogP contribution < -0.4 is 16.0 Å². The molecule has 0 aromatic rings. The van der Waals surface area contributed by atoms with Gasteiger partial charge in [-0.15, -0.1) is 0 Å². The lowest BCUT2D eigenvalue weighted by atomic mass is 9.96. The van der Waals surface area contributed by atoms with Crippen molar-refractivity contribution in [2.24, 2.45) is 10.4 Å². The van der Waals surface area contributed by atoms with Gasteiger partial charge >= 0.3 is 0 Å². The van der Waals surface area contributed by atoms with E-state index in [1.807, 2.05) is 27.7 Å². The highest BCUT2D eigenvalue weighted by Gasteiger charge is 2.22. The van der Waals surface area contributed by atoms with Crippen LogP contribution in [0.5, 0.6) is 0 Å². The molecule has 0 unspecified atom stereocenters. The molecule has 0 aromatic carbocycles. The highest BCUT2D eigenvalue weighted by atomic mass is 16.2. The van der Waals surface area contributed by atoms with Gasteiger partial charge in [0, 0.05) is 51.7 Å². The van der Waals surface area contributed by atoms with Crippen molar-refractivity contribution in [3.05, 3.63) is 0 Å². The van der Waals surface area contributed by atoms with Crippen LogP contribution in [0, 0.1) is 5.41 Å². The molecule has 0 bridgehead atoms. The molecule has 0 aromatic heterocycles. The summed E-state index contributed by atoms with van der Waals surface area (Å²) in [6.45, 7) is 11.9. The van der Waals surface area contributed by atoms with Gasteiger partial charge in [-0.1, -0.05) is 20.8 Å². The normalized spacial score (nSPS) is 16.7. The zero-order chi connectivity index (χ0) is 20.4. The molecule has 1 heterocycles. The lowest BCUT2D eigenvalue weighted by Crippen LogP contribution is -2.50. The predicted octanol–water partition coefficient (Wildman–Crippen LogP) is 0.256. The first kappa shape index (κ1) is 23.2. The number of nitrogens with one attached hydrogen (secondary N) is 3. The Kier molecular flexibility index (Phi) is 9.55. The van der Waals surface area contributed by atoms with Crippen LogP contribution >= 0.6 is 0 Å². The number of nitrogens with zero attached hydrogens (tertiary/aromatic N) is 3. The number of amides is 2. The predicted molar refractivity (Wildman–Crippen MR) is 110 cm³/mol. The first-order valence-electron chi connectivity index (χ1n) is 9.89. The fourth-order valence-corrected chi connectivity index (χ4v) is 2.68. The Labute approximate surface area is 164 Å². The Hall–Kier alpha value is -1.83.